The Bertz CT molecular complexity index is 938. The van der Waals surface area contributed by atoms with E-state index < -0.39 is 6.04 Å². The van der Waals surface area contributed by atoms with Crippen molar-refractivity contribution < 1.29 is 9.59 Å². The highest BCUT2D eigenvalue weighted by molar-refractivity contribution is 5.90. The van der Waals surface area contributed by atoms with Crippen LogP contribution < -0.4 is 10.6 Å². The van der Waals surface area contributed by atoms with Gasteiger partial charge in [0.1, 0.15) is 6.04 Å². The molecule has 182 valence electrons. The van der Waals surface area contributed by atoms with Crippen LogP contribution in [0.15, 0.2) is 54.6 Å². The number of likely N-dealkylation sites (tertiary alicyclic amines) is 1. The lowest BCUT2D eigenvalue weighted by Crippen LogP contribution is -2.55. The fraction of sp³-hybridized carbons (Fsp3) is 0.517. The van der Waals surface area contributed by atoms with E-state index in [0.29, 0.717) is 0 Å². The quantitative estimate of drug-likeness (QED) is 0.603. The van der Waals surface area contributed by atoms with Gasteiger partial charge in [-0.05, 0) is 68.7 Å². The average Bonchev–Trinajstić information content (AvgIpc) is 3.38. The smallest absolute Gasteiger partial charge is 0.245 e. The second kappa shape index (κ2) is 11.7. The molecule has 2 N–H and O–H groups in total. The Morgan fingerprint density at radius 3 is 2.26 bits per heavy atom. The van der Waals surface area contributed by atoms with Crippen LogP contribution in [-0.2, 0) is 16.0 Å². The predicted molar refractivity (Wildman–Crippen MR) is 136 cm³/mol. The van der Waals surface area contributed by atoms with Crippen LogP contribution in [0.25, 0.3) is 0 Å². The number of benzene rings is 2. The fourth-order valence-electron chi connectivity index (χ4n) is 5.50. The van der Waals surface area contributed by atoms with E-state index in [2.05, 4.69) is 59.2 Å². The highest BCUT2D eigenvalue weighted by Gasteiger charge is 2.39. The van der Waals surface area contributed by atoms with E-state index in [1.54, 1.807) is 7.05 Å². The molecule has 1 unspecified atom stereocenters. The topological polar surface area (TPSA) is 61.4 Å². The number of amides is 2. The minimum atomic E-state index is -0.429. The Morgan fingerprint density at radius 2 is 1.59 bits per heavy atom. The van der Waals surface area contributed by atoms with Crippen LogP contribution in [-0.4, -0.2) is 42.4 Å². The summed E-state index contributed by atoms with van der Waals surface area (Å²) in [5.74, 6) is 0.232. The van der Waals surface area contributed by atoms with Crippen molar-refractivity contribution in [3.63, 3.8) is 0 Å². The molecule has 0 aromatic heterocycles. The highest BCUT2D eigenvalue weighted by atomic mass is 16.2. The average molecular weight is 462 g/mol. The van der Waals surface area contributed by atoms with Gasteiger partial charge in [0.15, 0.2) is 0 Å². The summed E-state index contributed by atoms with van der Waals surface area (Å²) in [5, 5.41) is 6.13. The Kier molecular flexibility index (Phi) is 8.39. The molecule has 1 aliphatic heterocycles. The Balaban J connectivity index is 1.49. The maximum absolute atomic E-state index is 13.9. The largest absolute Gasteiger partial charge is 0.343 e. The molecule has 3 atom stereocenters. The summed E-state index contributed by atoms with van der Waals surface area (Å²) in [7, 11) is 1.78. The number of carbonyl (C=O) groups is 2. The van der Waals surface area contributed by atoms with E-state index >= 15 is 0 Å². The third kappa shape index (κ3) is 5.87. The van der Waals surface area contributed by atoms with Gasteiger partial charge < -0.3 is 15.5 Å². The van der Waals surface area contributed by atoms with Gasteiger partial charge in [-0.25, -0.2) is 0 Å². The summed E-state index contributed by atoms with van der Waals surface area (Å²) in [4.78, 5) is 28.7. The van der Waals surface area contributed by atoms with Crippen molar-refractivity contribution in [3.8, 4) is 0 Å². The van der Waals surface area contributed by atoms with E-state index in [4.69, 9.17) is 0 Å². The van der Waals surface area contributed by atoms with Crippen LogP contribution in [0.3, 0.4) is 0 Å². The second-order valence-corrected chi connectivity index (χ2v) is 9.99. The monoisotopic (exact) mass is 461 g/mol. The molecule has 4 rings (SSSR count). The van der Waals surface area contributed by atoms with Gasteiger partial charge in [-0.2, -0.15) is 0 Å². The lowest BCUT2D eigenvalue weighted by Gasteiger charge is -2.35. The predicted octanol–water partition coefficient (Wildman–Crippen LogP) is 4.61. The van der Waals surface area contributed by atoms with Gasteiger partial charge in [-0.1, -0.05) is 73.9 Å². The van der Waals surface area contributed by atoms with E-state index in [1.165, 1.54) is 23.1 Å². The maximum Gasteiger partial charge on any atom is 0.245 e. The number of carbonyl (C=O) groups excluding carboxylic acids is 2. The summed E-state index contributed by atoms with van der Waals surface area (Å²) >= 11 is 0. The van der Waals surface area contributed by atoms with Gasteiger partial charge in [0.05, 0.1) is 12.1 Å². The number of likely N-dealkylation sites (N-methyl/N-ethyl adjacent to an activating group) is 1. The van der Waals surface area contributed by atoms with Crippen LogP contribution in [0.1, 0.15) is 74.6 Å². The van der Waals surface area contributed by atoms with Gasteiger partial charge >= 0.3 is 0 Å². The molecule has 1 saturated heterocycles. The van der Waals surface area contributed by atoms with Gasteiger partial charge in [0.25, 0.3) is 0 Å². The second-order valence-electron chi connectivity index (χ2n) is 9.99. The van der Waals surface area contributed by atoms with Gasteiger partial charge in [-0.15, -0.1) is 0 Å². The SMILES string of the molecule is CN[C@H](C)C(=O)N[C@H](C(=O)N1CCCC1c1ccc(Cc2ccccc2)cc1)C1CCCCC1. The van der Waals surface area contributed by atoms with Crippen molar-refractivity contribution in [1.82, 2.24) is 15.5 Å². The first kappa shape index (κ1) is 24.5. The molecule has 5 nitrogen and oxygen atoms in total. The molecule has 2 aromatic rings. The van der Waals surface area contributed by atoms with Crippen LogP contribution >= 0.6 is 0 Å². The van der Waals surface area contributed by atoms with Gasteiger partial charge in [0, 0.05) is 6.54 Å². The van der Waals surface area contributed by atoms with Gasteiger partial charge in [0.2, 0.25) is 11.8 Å². The van der Waals surface area contributed by atoms with E-state index in [9.17, 15) is 9.59 Å². The summed E-state index contributed by atoms with van der Waals surface area (Å²) in [6, 6.07) is 18.6. The third-order valence-electron chi connectivity index (χ3n) is 7.66. The van der Waals surface area contributed by atoms with Crippen LogP contribution in [0.4, 0.5) is 0 Å². The van der Waals surface area contributed by atoms with Crippen molar-refractivity contribution in [3.05, 3.63) is 71.3 Å². The molecular weight excluding hydrogens is 422 g/mol. The molecule has 2 fully saturated rings. The molecule has 2 aromatic carbocycles. The summed E-state index contributed by atoms with van der Waals surface area (Å²) in [5.41, 5.74) is 3.77. The molecule has 1 saturated carbocycles. The molecule has 5 heteroatoms. The van der Waals surface area contributed by atoms with Crippen molar-refractivity contribution in [2.45, 2.75) is 76.4 Å². The Labute approximate surface area is 204 Å². The standard InChI is InChI=1S/C29H39N3O2/c1-21(30-2)28(33)31-27(25-12-7-4-8-13-25)29(34)32-19-9-14-26(32)24-17-15-23(16-18-24)20-22-10-5-3-6-11-22/h3,5-6,10-11,15-18,21,25-27,30H,4,7-9,12-14,19-20H2,1-2H3,(H,31,33)/t21-,26?,27+/m1/s1. The van der Waals surface area contributed by atoms with Gasteiger partial charge in [-0.3, -0.25) is 9.59 Å². The molecule has 0 spiro atoms. The fourth-order valence-corrected chi connectivity index (χ4v) is 5.50. The minimum Gasteiger partial charge on any atom is -0.343 e. The van der Waals surface area contributed by atoms with Crippen LogP contribution in [0, 0.1) is 5.92 Å². The number of rotatable bonds is 8. The van der Waals surface area contributed by atoms with E-state index in [1.807, 2.05) is 17.9 Å². The Hall–Kier alpha value is -2.66. The highest BCUT2D eigenvalue weighted by Crippen LogP contribution is 2.35. The van der Waals surface area contributed by atoms with Crippen LogP contribution in [0.2, 0.25) is 0 Å². The molecule has 1 heterocycles. The van der Waals surface area contributed by atoms with E-state index in [0.717, 1.165) is 51.5 Å². The molecule has 2 aliphatic rings. The first-order chi connectivity index (χ1) is 16.6. The van der Waals surface area contributed by atoms with Crippen molar-refractivity contribution in [2.75, 3.05) is 13.6 Å². The molecule has 0 bridgehead atoms. The lowest BCUT2D eigenvalue weighted by atomic mass is 9.83. The summed E-state index contributed by atoms with van der Waals surface area (Å²) < 4.78 is 0. The Morgan fingerprint density at radius 1 is 0.912 bits per heavy atom. The molecule has 34 heavy (non-hydrogen) atoms. The van der Waals surface area contributed by atoms with Crippen molar-refractivity contribution in [1.29, 1.82) is 0 Å². The van der Waals surface area contributed by atoms with Crippen LogP contribution in [0.5, 0.6) is 0 Å². The van der Waals surface area contributed by atoms with Crippen molar-refractivity contribution >= 4 is 11.8 Å². The van der Waals surface area contributed by atoms with E-state index in [-0.39, 0.29) is 29.8 Å². The number of nitrogens with zero attached hydrogens (tertiary/aromatic N) is 1. The molecular formula is C29H39N3O2. The zero-order chi connectivity index (χ0) is 23.9. The zero-order valence-corrected chi connectivity index (χ0v) is 20.6. The molecule has 2 amide bonds. The number of hydrogen-bond donors (Lipinski definition) is 2. The minimum absolute atomic E-state index is 0.0861. The zero-order valence-electron chi connectivity index (χ0n) is 20.6. The lowest BCUT2D eigenvalue weighted by molar-refractivity contribution is -0.139. The normalized spacial score (nSPS) is 20.6. The number of hydrogen-bond acceptors (Lipinski definition) is 3. The first-order valence-electron chi connectivity index (χ1n) is 13.0. The molecule has 1 aliphatic carbocycles. The molecule has 0 radical (unpaired) electrons. The maximum atomic E-state index is 13.9. The third-order valence-corrected chi connectivity index (χ3v) is 7.66. The first-order valence-corrected chi connectivity index (χ1v) is 13.0. The van der Waals surface area contributed by atoms with Crippen molar-refractivity contribution in [2.24, 2.45) is 5.92 Å². The summed E-state index contributed by atoms with van der Waals surface area (Å²) in [6.07, 6.45) is 8.40. The number of nitrogens with one attached hydrogen (secondary N) is 2. The summed E-state index contributed by atoms with van der Waals surface area (Å²) in [6.45, 7) is 2.60.